The second-order valence-corrected chi connectivity index (χ2v) is 31.9. The van der Waals surface area contributed by atoms with Gasteiger partial charge in [-0.15, -0.1) is 0 Å². The summed E-state index contributed by atoms with van der Waals surface area (Å²) in [5, 5.41) is 5.63. The monoisotopic (exact) mass is 1240 g/mol. The summed E-state index contributed by atoms with van der Waals surface area (Å²) in [6.45, 7) is 0. The Hall–Kier alpha value is -10.5. The van der Waals surface area contributed by atoms with Gasteiger partial charge in [0.05, 0.1) is 10.9 Å². The van der Waals surface area contributed by atoms with Gasteiger partial charge in [0.25, 0.3) is 0 Å². The van der Waals surface area contributed by atoms with E-state index in [0.717, 1.165) is 66.1 Å². The molecule has 6 aromatic heterocycles. The van der Waals surface area contributed by atoms with E-state index in [-0.39, 0.29) is 11.3 Å². The number of hydrogen-bond acceptors (Lipinski definition) is 14. The molecule has 0 aliphatic carbocycles. The fourth-order valence-corrected chi connectivity index (χ4v) is 11.8. The molecule has 4 aliphatic heterocycles. The molecule has 0 amide bonds. The molecule has 16 bridgehead atoms. The van der Waals surface area contributed by atoms with Crippen molar-refractivity contribution in [3.63, 3.8) is 0 Å². The third-order valence-electron chi connectivity index (χ3n) is 15.5. The normalized spacial score (nSPS) is 11.9. The fraction of sp³-hybridized carbons (Fsp3) is 0. The molecule has 18 rings (SSSR count). The molecule has 0 fully saturated rings. The van der Waals surface area contributed by atoms with Gasteiger partial charge in [0.15, 0.2) is 46.6 Å². The first kappa shape index (κ1) is 50.9. The van der Waals surface area contributed by atoms with Crippen LogP contribution in [0.2, 0.25) is 0 Å². The van der Waals surface area contributed by atoms with Gasteiger partial charge >= 0.3 is 48.1 Å². The zero-order valence-electron chi connectivity index (χ0n) is 44.7. The van der Waals surface area contributed by atoms with Crippen molar-refractivity contribution in [2.75, 3.05) is 0 Å². The van der Waals surface area contributed by atoms with Crippen molar-refractivity contribution >= 4 is 136 Å². The Balaban J connectivity index is 0.00000143. The van der Waals surface area contributed by atoms with E-state index >= 15 is 4.79 Å². The number of nitrogens with zero attached hydrogens (tertiary/aromatic N) is 12. The van der Waals surface area contributed by atoms with Gasteiger partial charge in [-0.25, -0.2) is 64.6 Å². The maximum atomic E-state index is 15.4. The maximum absolute atomic E-state index is 15.4. The molecule has 0 saturated heterocycles. The van der Waals surface area contributed by atoms with Crippen molar-refractivity contribution in [3.05, 3.63) is 188 Å². The fourth-order valence-electron chi connectivity index (χ4n) is 11.8. The average Bonchev–Trinajstić information content (AvgIpc) is 1.79. The third kappa shape index (κ3) is 8.45. The minimum absolute atomic E-state index is 0.207. The molecule has 8 aromatic carbocycles. The Morgan fingerprint density at radius 2 is 0.529 bits per heavy atom. The number of ether oxygens (including phenoxy) is 1. The average molecular weight is 1250 g/mol. The predicted molar refractivity (Wildman–Crippen MR) is 340 cm³/mol. The van der Waals surface area contributed by atoms with Gasteiger partial charge < -0.3 is 24.7 Å². The van der Waals surface area contributed by atoms with Crippen molar-refractivity contribution in [2.45, 2.75) is 0 Å². The van der Waals surface area contributed by atoms with Crippen LogP contribution in [0, 0.1) is 0 Å². The molecule has 4 aliphatic rings. The number of carbonyl (C=O) groups is 1. The zero-order valence-corrected chi connectivity index (χ0v) is 49.4. The number of aromatic amines is 4. The van der Waals surface area contributed by atoms with Crippen molar-refractivity contribution in [1.29, 1.82) is 0 Å². The summed E-state index contributed by atoms with van der Waals surface area (Å²) in [5.74, 6) is 3.05. The van der Waals surface area contributed by atoms with E-state index in [1.807, 2.05) is 164 Å². The number of carbonyl (C=O) groups excluding carboxylic acids is 1. The third-order valence-corrected chi connectivity index (χ3v) is 15.5. The first-order valence-corrected chi connectivity index (χ1v) is 36.9. The molecule has 18 nitrogen and oxygen atoms in total. The first-order valence-electron chi connectivity index (χ1n) is 27.3. The Kier molecular flexibility index (Phi) is 11.7. The summed E-state index contributed by atoms with van der Waals surface area (Å²) < 4.78 is 6.64. The molecule has 4 N–H and O–H groups in total. The molecule has 10 heterocycles. The van der Waals surface area contributed by atoms with E-state index in [0.29, 0.717) is 113 Å². The number of benzene rings is 8. The SMILES string of the molecule is O=C(Oc1cccc2c3nc4nc(nc5[nH]c(nc6nc(nc([nH]3)c12)-c1ccccc1-6)c1ccccc51)-c1ccccc1-4)c1cccc2c3nc4nc(nc5[nH]c(nc6nc(nc([nH]3)c12)-c1ccccc1-6)c1ccccc51)-c1ccccc1-4.[Cl][Ga]([Cl])[Cl]. The number of H-pyrrole nitrogens is 4. The van der Waals surface area contributed by atoms with Crippen molar-refractivity contribution < 1.29 is 9.53 Å². The quantitative estimate of drug-likeness (QED) is 0.0715. The van der Waals surface area contributed by atoms with E-state index in [9.17, 15) is 0 Å². The second kappa shape index (κ2) is 20.0. The van der Waals surface area contributed by atoms with E-state index in [1.54, 1.807) is 18.2 Å². The molecule has 0 unspecified atom stereocenters. The number of halogens is 3. The van der Waals surface area contributed by atoms with E-state index in [1.165, 1.54) is 0 Å². The van der Waals surface area contributed by atoms with E-state index in [4.69, 9.17) is 93.5 Å². The molecule has 22 heteroatoms. The van der Waals surface area contributed by atoms with E-state index in [2.05, 4.69) is 19.9 Å². The second-order valence-electron chi connectivity index (χ2n) is 20.5. The number of nitrogens with one attached hydrogen (secondary N) is 4. The van der Waals surface area contributed by atoms with Gasteiger partial charge in [0, 0.05) is 82.2 Å². The molecule has 0 atom stereocenters. The predicted octanol–water partition coefficient (Wildman–Crippen LogP) is 15.0. The number of rotatable bonds is 2. The van der Waals surface area contributed by atoms with Crippen LogP contribution in [0.3, 0.4) is 0 Å². The Labute approximate surface area is 506 Å². The van der Waals surface area contributed by atoms with Crippen LogP contribution in [0.5, 0.6) is 5.75 Å². The summed E-state index contributed by atoms with van der Waals surface area (Å²) >= 11 is -2.06. The van der Waals surface area contributed by atoms with Crippen LogP contribution in [0.25, 0.3) is 179 Å². The van der Waals surface area contributed by atoms with Crippen molar-refractivity contribution in [1.82, 2.24) is 79.7 Å². The summed E-state index contributed by atoms with van der Waals surface area (Å²) in [6, 6.07) is 58.1. The summed E-state index contributed by atoms with van der Waals surface area (Å²) in [4.78, 5) is 91.0. The summed E-state index contributed by atoms with van der Waals surface area (Å²) in [5.41, 5.74) is 10.4. The Bertz CT molecular complexity index is 5690. The van der Waals surface area contributed by atoms with Gasteiger partial charge in [0.1, 0.15) is 50.9 Å². The van der Waals surface area contributed by atoms with Crippen LogP contribution in [0.15, 0.2) is 182 Å². The molecule has 0 saturated carbocycles. The molecule has 87 heavy (non-hydrogen) atoms. The topological polar surface area (TPSA) is 244 Å². The number of aromatic nitrogens is 16. The van der Waals surface area contributed by atoms with Crippen LogP contribution >= 0.6 is 28.9 Å². The van der Waals surface area contributed by atoms with Gasteiger partial charge in [-0.2, -0.15) is 0 Å². The standard InChI is InChI=1S/C65H34N16O2.3ClH.Ga/c82-65(45-29-13-27-43-47(45)63-78-59-41-25-11-9-23-39(41)55(74-59)70-51-33-17-3-1-15-31(33)49(66-51)68-53-35-19-5-7-21-37(35)57(72-53)76-61(43)80-63)83-46-30-14-28-44-48(46)64-79-60-42-26-12-10-24-40(42)56(75-60)71-52-34-18-4-2-16-32(34)50(67-52)69-54-36-20-6-8-22-38(36)58(73-54)77-62(44)81-64;;;;/h1-30H,(H2,66,68,70,72,74,76,78,80)(H2,67,69,71,73,75,77,79,81);3*1H;/q;;;;+3/p-3. The van der Waals surface area contributed by atoms with Gasteiger partial charge in [-0.3, -0.25) is 0 Å². The number of esters is 1. The minimum atomic E-state index is -2.06. The van der Waals surface area contributed by atoms with Crippen LogP contribution in [-0.2, 0) is 0 Å². The molecular formula is C65H34Cl3GaN16O2. The first-order chi connectivity index (χ1) is 42.7. The molecule has 410 valence electrons. The summed E-state index contributed by atoms with van der Waals surface area (Å²) in [7, 11) is 15.0. The van der Waals surface area contributed by atoms with Crippen molar-refractivity contribution in [3.8, 4) is 96.9 Å². The molecular weight excluding hydrogens is 1210 g/mol. The Morgan fingerprint density at radius 1 is 0.287 bits per heavy atom. The van der Waals surface area contributed by atoms with Gasteiger partial charge in [0.2, 0.25) is 0 Å². The van der Waals surface area contributed by atoms with Gasteiger partial charge in [-0.1, -0.05) is 170 Å². The summed E-state index contributed by atoms with van der Waals surface area (Å²) in [6.07, 6.45) is 0. The zero-order chi connectivity index (χ0) is 58.0. The van der Waals surface area contributed by atoms with Crippen LogP contribution in [-0.4, -0.2) is 98.9 Å². The van der Waals surface area contributed by atoms with E-state index < -0.39 is 19.2 Å². The number of fused-ring (bicyclic) bond motifs is 40. The Morgan fingerprint density at radius 3 is 0.862 bits per heavy atom. The van der Waals surface area contributed by atoms with Crippen LogP contribution in [0.1, 0.15) is 10.4 Å². The molecule has 14 aromatic rings. The number of hydrogen-bond donors (Lipinski definition) is 4. The van der Waals surface area contributed by atoms with Gasteiger partial charge in [-0.05, 0) is 12.1 Å². The molecule has 0 radical (unpaired) electrons. The van der Waals surface area contributed by atoms with Crippen molar-refractivity contribution in [2.24, 2.45) is 0 Å². The molecule has 0 spiro atoms. The van der Waals surface area contributed by atoms with Crippen LogP contribution in [0.4, 0.5) is 0 Å². The van der Waals surface area contributed by atoms with Crippen LogP contribution < -0.4 is 4.74 Å².